The molecule has 0 N–H and O–H groups in total. The molecule has 4 rings (SSSR count). The van der Waals surface area contributed by atoms with Gasteiger partial charge >= 0.3 is 0 Å². The molecule has 0 aliphatic carbocycles. The molecule has 7 heteroatoms. The van der Waals surface area contributed by atoms with Crippen LogP contribution in [0.3, 0.4) is 0 Å². The zero-order chi connectivity index (χ0) is 18.5. The van der Waals surface area contributed by atoms with Crippen LogP contribution in [0.25, 0.3) is 22.6 Å². The van der Waals surface area contributed by atoms with Crippen molar-refractivity contribution < 1.29 is 13.9 Å². The van der Waals surface area contributed by atoms with E-state index in [0.717, 1.165) is 5.56 Å². The van der Waals surface area contributed by atoms with Crippen LogP contribution < -0.4 is 9.47 Å². The van der Waals surface area contributed by atoms with Crippen molar-refractivity contribution in [2.24, 2.45) is 0 Å². The molecular weight excluding hydrogens is 344 g/mol. The number of hydrogen-bond acceptors (Lipinski definition) is 7. The lowest BCUT2D eigenvalue weighted by Crippen LogP contribution is -2.01. The third kappa shape index (κ3) is 3.92. The molecule has 0 spiro atoms. The van der Waals surface area contributed by atoms with E-state index in [1.54, 1.807) is 30.9 Å². The van der Waals surface area contributed by atoms with Crippen molar-refractivity contribution in [3.05, 3.63) is 73.5 Å². The van der Waals surface area contributed by atoms with Crippen molar-refractivity contribution in [3.63, 3.8) is 0 Å². The van der Waals surface area contributed by atoms with E-state index in [4.69, 9.17) is 13.9 Å². The van der Waals surface area contributed by atoms with Gasteiger partial charge < -0.3 is 13.9 Å². The average molecular weight is 360 g/mol. The van der Waals surface area contributed by atoms with Gasteiger partial charge in [0.2, 0.25) is 11.8 Å². The fourth-order valence-electron chi connectivity index (χ4n) is 2.40. The van der Waals surface area contributed by atoms with E-state index in [0.29, 0.717) is 40.9 Å². The van der Waals surface area contributed by atoms with Crippen LogP contribution in [0, 0.1) is 0 Å². The second-order valence-electron chi connectivity index (χ2n) is 5.62. The summed E-state index contributed by atoms with van der Waals surface area (Å²) in [7, 11) is 0. The van der Waals surface area contributed by atoms with Gasteiger partial charge in [0.1, 0.15) is 24.5 Å². The Labute approximate surface area is 155 Å². The highest BCUT2D eigenvalue weighted by molar-refractivity contribution is 5.77. The number of oxazole rings is 1. The summed E-state index contributed by atoms with van der Waals surface area (Å²) in [4.78, 5) is 17.0. The number of pyridine rings is 1. The lowest BCUT2D eigenvalue weighted by Gasteiger charge is -2.06. The molecule has 134 valence electrons. The van der Waals surface area contributed by atoms with E-state index in [9.17, 15) is 0 Å². The zero-order valence-corrected chi connectivity index (χ0v) is 14.4. The van der Waals surface area contributed by atoms with Gasteiger partial charge in [-0.05, 0) is 24.3 Å². The molecule has 7 nitrogen and oxygen atoms in total. The molecule has 0 radical (unpaired) electrons. The Morgan fingerprint density at radius 1 is 1.07 bits per heavy atom. The lowest BCUT2D eigenvalue weighted by molar-refractivity contribution is 0.299. The highest BCUT2D eigenvalue weighted by Crippen LogP contribution is 2.26. The highest BCUT2D eigenvalue weighted by atomic mass is 16.5. The van der Waals surface area contributed by atoms with E-state index < -0.39 is 0 Å². The monoisotopic (exact) mass is 360 g/mol. The average Bonchev–Trinajstić information content (AvgIpc) is 3.15. The summed E-state index contributed by atoms with van der Waals surface area (Å²) in [5.74, 6) is 1.64. The summed E-state index contributed by atoms with van der Waals surface area (Å²) in [6.45, 7) is 4.27. The van der Waals surface area contributed by atoms with Crippen molar-refractivity contribution in [3.8, 4) is 23.1 Å². The summed E-state index contributed by atoms with van der Waals surface area (Å²) in [6.07, 6.45) is 8.25. The smallest absolute Gasteiger partial charge is 0.232 e. The number of rotatable bonds is 7. The predicted octanol–water partition coefficient (Wildman–Crippen LogP) is 3.82. The van der Waals surface area contributed by atoms with Gasteiger partial charge in [0, 0.05) is 18.5 Å². The minimum atomic E-state index is 0.285. The van der Waals surface area contributed by atoms with Crippen LogP contribution in [0.15, 0.2) is 72.2 Å². The topological polar surface area (TPSA) is 83.2 Å². The predicted molar refractivity (Wildman–Crippen MR) is 99.3 cm³/mol. The number of hydrogen-bond donors (Lipinski definition) is 0. The Kier molecular flexibility index (Phi) is 4.74. The van der Waals surface area contributed by atoms with Gasteiger partial charge in [0.05, 0.1) is 23.7 Å². The Bertz CT molecular complexity index is 1050. The summed E-state index contributed by atoms with van der Waals surface area (Å²) < 4.78 is 16.9. The molecule has 0 amide bonds. The minimum Gasteiger partial charge on any atom is -0.487 e. The number of benzene rings is 1. The molecule has 27 heavy (non-hydrogen) atoms. The van der Waals surface area contributed by atoms with Crippen LogP contribution in [-0.2, 0) is 6.61 Å². The molecular formula is C20H16N4O3. The first-order valence-electron chi connectivity index (χ1n) is 8.30. The molecule has 0 aliphatic rings. The van der Waals surface area contributed by atoms with Gasteiger partial charge in [-0.3, -0.25) is 9.97 Å². The van der Waals surface area contributed by atoms with Crippen molar-refractivity contribution in [2.45, 2.75) is 6.61 Å². The number of aromatic nitrogens is 4. The third-order valence-electron chi connectivity index (χ3n) is 3.68. The summed E-state index contributed by atoms with van der Waals surface area (Å²) in [5, 5.41) is 0. The number of ether oxygens (including phenoxy) is 2. The first-order chi connectivity index (χ1) is 13.3. The van der Waals surface area contributed by atoms with Gasteiger partial charge in [-0.15, -0.1) is 0 Å². The second-order valence-corrected chi connectivity index (χ2v) is 5.62. The maximum Gasteiger partial charge on any atom is 0.232 e. The SMILES string of the molecule is C=CCOc1cnc(COc2ccc3oc(-c4cccnc4)nc3c2)cn1. The van der Waals surface area contributed by atoms with Gasteiger partial charge in [-0.2, -0.15) is 0 Å². The fraction of sp³-hybridized carbons (Fsp3) is 0.100. The van der Waals surface area contributed by atoms with E-state index in [1.165, 1.54) is 0 Å². The van der Waals surface area contributed by atoms with E-state index in [2.05, 4.69) is 26.5 Å². The quantitative estimate of drug-likeness (QED) is 0.463. The highest BCUT2D eigenvalue weighted by Gasteiger charge is 2.09. The Balaban J connectivity index is 1.45. The van der Waals surface area contributed by atoms with Crippen molar-refractivity contribution in [2.75, 3.05) is 6.61 Å². The summed E-state index contributed by atoms with van der Waals surface area (Å²) in [6, 6.07) is 9.22. The van der Waals surface area contributed by atoms with Crippen LogP contribution in [0.4, 0.5) is 0 Å². The standard InChI is InChI=1S/C20H16N4O3/c1-2-8-25-19-12-22-15(11-23-19)13-26-16-5-6-18-17(9-16)24-20(27-18)14-4-3-7-21-10-14/h2-7,9-12H,1,8,13H2. The Morgan fingerprint density at radius 3 is 2.81 bits per heavy atom. The normalized spacial score (nSPS) is 10.7. The molecule has 1 aromatic carbocycles. The lowest BCUT2D eigenvalue weighted by atomic mass is 10.3. The van der Waals surface area contributed by atoms with Crippen LogP contribution in [0.5, 0.6) is 11.6 Å². The molecule has 0 fully saturated rings. The van der Waals surface area contributed by atoms with E-state index in [-0.39, 0.29) is 6.61 Å². The Hall–Kier alpha value is -3.74. The van der Waals surface area contributed by atoms with E-state index >= 15 is 0 Å². The van der Waals surface area contributed by atoms with Crippen LogP contribution in [0.1, 0.15) is 5.69 Å². The van der Waals surface area contributed by atoms with Gasteiger partial charge in [-0.25, -0.2) is 9.97 Å². The van der Waals surface area contributed by atoms with Gasteiger partial charge in [0.25, 0.3) is 0 Å². The molecule has 0 atom stereocenters. The molecule has 0 saturated carbocycles. The van der Waals surface area contributed by atoms with Crippen LogP contribution in [0.2, 0.25) is 0 Å². The summed E-state index contributed by atoms with van der Waals surface area (Å²) >= 11 is 0. The number of fused-ring (bicyclic) bond motifs is 1. The number of nitrogens with zero attached hydrogens (tertiary/aromatic N) is 4. The Morgan fingerprint density at radius 2 is 2.04 bits per heavy atom. The van der Waals surface area contributed by atoms with Crippen LogP contribution in [-0.4, -0.2) is 26.5 Å². The van der Waals surface area contributed by atoms with Gasteiger partial charge in [0.15, 0.2) is 5.58 Å². The fourth-order valence-corrected chi connectivity index (χ4v) is 2.40. The van der Waals surface area contributed by atoms with Gasteiger partial charge in [-0.1, -0.05) is 12.7 Å². The maximum absolute atomic E-state index is 5.78. The summed E-state index contributed by atoms with van der Waals surface area (Å²) in [5.41, 5.74) is 2.91. The molecule has 4 aromatic rings. The molecule has 0 bridgehead atoms. The minimum absolute atomic E-state index is 0.285. The molecule has 0 aliphatic heterocycles. The first-order valence-corrected chi connectivity index (χ1v) is 8.30. The van der Waals surface area contributed by atoms with Crippen molar-refractivity contribution >= 4 is 11.1 Å². The zero-order valence-electron chi connectivity index (χ0n) is 14.4. The molecule has 0 unspecified atom stereocenters. The largest absolute Gasteiger partial charge is 0.487 e. The first kappa shape index (κ1) is 16.7. The van der Waals surface area contributed by atoms with E-state index in [1.807, 2.05) is 30.3 Å². The molecule has 3 aromatic heterocycles. The molecule has 0 saturated heterocycles. The molecule has 3 heterocycles. The maximum atomic E-state index is 5.78. The van der Waals surface area contributed by atoms with Crippen molar-refractivity contribution in [1.82, 2.24) is 19.9 Å². The third-order valence-corrected chi connectivity index (χ3v) is 3.68. The van der Waals surface area contributed by atoms with Crippen molar-refractivity contribution in [1.29, 1.82) is 0 Å². The second kappa shape index (κ2) is 7.65. The van der Waals surface area contributed by atoms with Crippen LogP contribution >= 0.6 is 0 Å².